The van der Waals surface area contributed by atoms with E-state index in [1.807, 2.05) is 13.8 Å². The lowest BCUT2D eigenvalue weighted by atomic mass is 10.2. The van der Waals surface area contributed by atoms with Gasteiger partial charge in [-0.15, -0.1) is 0 Å². The van der Waals surface area contributed by atoms with Gasteiger partial charge in [0, 0.05) is 24.7 Å². The van der Waals surface area contributed by atoms with Crippen LogP contribution in [0.25, 0.3) is 0 Å². The number of carbonyl (C=O) groups is 2. The Hall–Kier alpha value is -2.42. The first kappa shape index (κ1) is 23.2. The Bertz CT molecular complexity index is 1010. The molecule has 7 nitrogen and oxygen atoms in total. The van der Waals surface area contributed by atoms with Gasteiger partial charge in [0.2, 0.25) is 11.8 Å². The topological polar surface area (TPSA) is 91.2 Å². The number of phenolic OH excluding ortho intramolecular Hbond substituents is 1. The van der Waals surface area contributed by atoms with Crippen molar-refractivity contribution in [1.29, 1.82) is 0 Å². The quantitative estimate of drug-likeness (QED) is 0.575. The number of benzene rings is 2. The molecule has 2 aromatic rings. The maximum absolute atomic E-state index is 12.8. The molecule has 1 saturated heterocycles. The van der Waals surface area contributed by atoms with Crippen LogP contribution in [0.15, 0.2) is 41.4 Å². The summed E-state index contributed by atoms with van der Waals surface area (Å²) in [6.07, 6.45) is -0.00499. The number of amides is 2. The highest BCUT2D eigenvalue weighted by atomic mass is 35.5. The summed E-state index contributed by atoms with van der Waals surface area (Å²) in [5, 5.41) is 12.5. The molecule has 2 aromatic carbocycles. The molecule has 3 rings (SSSR count). The number of aromatic hydroxyl groups is 1. The summed E-state index contributed by atoms with van der Waals surface area (Å²) < 4.78 is 5.44. The Labute approximate surface area is 194 Å². The van der Waals surface area contributed by atoms with Crippen LogP contribution in [0, 0.1) is 0 Å². The normalized spacial score (nSPS) is 17.3. The van der Waals surface area contributed by atoms with Crippen LogP contribution >= 0.6 is 35.0 Å². The Balaban J connectivity index is 1.72. The van der Waals surface area contributed by atoms with E-state index >= 15 is 0 Å². The lowest BCUT2D eigenvalue weighted by Gasteiger charge is -2.13. The number of nitrogens with one attached hydrogen (secondary N) is 1. The summed E-state index contributed by atoms with van der Waals surface area (Å²) in [6, 6.07) is 10.00. The number of ether oxygens (including phenoxy) is 1. The zero-order chi connectivity index (χ0) is 22.5. The summed E-state index contributed by atoms with van der Waals surface area (Å²) in [5.41, 5.74) is 1.00. The second kappa shape index (κ2) is 10.3. The van der Waals surface area contributed by atoms with Crippen molar-refractivity contribution in [1.82, 2.24) is 4.90 Å². The summed E-state index contributed by atoms with van der Waals surface area (Å²) in [6.45, 7) is 4.63. The van der Waals surface area contributed by atoms with E-state index in [1.54, 1.807) is 24.3 Å². The number of anilines is 1. The van der Waals surface area contributed by atoms with Crippen molar-refractivity contribution < 1.29 is 19.4 Å². The molecule has 1 fully saturated rings. The van der Waals surface area contributed by atoms with Gasteiger partial charge in [0.1, 0.15) is 11.0 Å². The minimum atomic E-state index is -0.600. The van der Waals surface area contributed by atoms with E-state index in [-0.39, 0.29) is 34.0 Å². The smallest absolute Gasteiger partial charge is 0.242 e. The number of hydrogen-bond donors (Lipinski definition) is 2. The van der Waals surface area contributed by atoms with Gasteiger partial charge in [0.15, 0.2) is 10.9 Å². The molecule has 164 valence electrons. The van der Waals surface area contributed by atoms with Crippen LogP contribution in [0.3, 0.4) is 0 Å². The van der Waals surface area contributed by atoms with E-state index in [1.165, 1.54) is 28.8 Å². The summed E-state index contributed by atoms with van der Waals surface area (Å²) >= 11 is 13.1. The van der Waals surface area contributed by atoms with Gasteiger partial charge >= 0.3 is 0 Å². The second-order valence-corrected chi connectivity index (χ2v) is 8.54. The minimum Gasteiger partial charge on any atom is -0.505 e. The van der Waals surface area contributed by atoms with Crippen LogP contribution in [0.1, 0.15) is 20.3 Å². The first-order valence-corrected chi connectivity index (χ1v) is 11.2. The molecule has 0 aliphatic carbocycles. The molecule has 0 saturated carbocycles. The van der Waals surface area contributed by atoms with Gasteiger partial charge in [0.05, 0.1) is 22.3 Å². The summed E-state index contributed by atoms with van der Waals surface area (Å²) in [7, 11) is 0. The fourth-order valence-corrected chi connectivity index (χ4v) is 4.65. The van der Waals surface area contributed by atoms with Crippen LogP contribution in [-0.2, 0) is 9.59 Å². The van der Waals surface area contributed by atoms with Gasteiger partial charge in [-0.2, -0.15) is 0 Å². The van der Waals surface area contributed by atoms with Crippen LogP contribution in [0.5, 0.6) is 11.5 Å². The number of phenols is 1. The van der Waals surface area contributed by atoms with E-state index < -0.39 is 5.25 Å². The van der Waals surface area contributed by atoms with E-state index in [0.29, 0.717) is 35.4 Å². The van der Waals surface area contributed by atoms with Crippen molar-refractivity contribution in [3.63, 3.8) is 0 Å². The lowest BCUT2D eigenvalue weighted by molar-refractivity contribution is -0.128. The van der Waals surface area contributed by atoms with E-state index in [9.17, 15) is 14.7 Å². The molecule has 10 heteroatoms. The zero-order valence-electron chi connectivity index (χ0n) is 16.9. The maximum Gasteiger partial charge on any atom is 0.242 e. The Morgan fingerprint density at radius 2 is 1.97 bits per heavy atom. The van der Waals surface area contributed by atoms with Gasteiger partial charge in [-0.25, -0.2) is 4.99 Å². The van der Waals surface area contributed by atoms with Crippen LogP contribution in [0.2, 0.25) is 10.0 Å². The largest absolute Gasteiger partial charge is 0.505 e. The third-order valence-electron chi connectivity index (χ3n) is 4.36. The fourth-order valence-electron chi connectivity index (χ4n) is 2.95. The molecule has 1 unspecified atom stereocenters. The number of halogens is 2. The summed E-state index contributed by atoms with van der Waals surface area (Å²) in [4.78, 5) is 31.3. The predicted molar refractivity (Wildman–Crippen MR) is 125 cm³/mol. The van der Waals surface area contributed by atoms with Crippen LogP contribution in [0.4, 0.5) is 11.4 Å². The molecule has 1 aliphatic rings. The minimum absolute atomic E-state index is 0.00499. The van der Waals surface area contributed by atoms with Gasteiger partial charge in [-0.3, -0.25) is 14.5 Å². The molecular weight excluding hydrogens is 461 g/mol. The number of amidine groups is 1. The lowest BCUT2D eigenvalue weighted by Crippen LogP contribution is -2.33. The molecule has 1 aliphatic heterocycles. The Kier molecular flexibility index (Phi) is 7.69. The van der Waals surface area contributed by atoms with Crippen LogP contribution in [-0.4, -0.2) is 45.4 Å². The van der Waals surface area contributed by atoms with Crippen LogP contribution < -0.4 is 10.1 Å². The van der Waals surface area contributed by atoms with E-state index in [4.69, 9.17) is 27.9 Å². The number of thioether (sulfide) groups is 1. The summed E-state index contributed by atoms with van der Waals surface area (Å²) in [5.74, 6) is -0.0462. The molecule has 2 amide bonds. The first-order valence-electron chi connectivity index (χ1n) is 9.59. The predicted octanol–water partition coefficient (Wildman–Crippen LogP) is 5.08. The second-order valence-electron chi connectivity index (χ2n) is 6.55. The van der Waals surface area contributed by atoms with E-state index in [0.717, 1.165) is 0 Å². The Morgan fingerprint density at radius 3 is 2.61 bits per heavy atom. The zero-order valence-corrected chi connectivity index (χ0v) is 19.2. The highest BCUT2D eigenvalue weighted by Gasteiger charge is 2.38. The molecule has 1 heterocycles. The highest BCUT2D eigenvalue weighted by molar-refractivity contribution is 8.15. The fraction of sp³-hybridized carbons (Fsp3) is 0.286. The number of carbonyl (C=O) groups excluding carboxylic acids is 2. The molecule has 0 bridgehead atoms. The SMILES string of the molecule is CCOc1cccc(NC(=O)CC2SC(=Nc3cc(Cl)c(O)c(Cl)c3)N(CC)C2=O)c1. The average molecular weight is 482 g/mol. The van der Waals surface area contributed by atoms with Gasteiger partial charge in [-0.05, 0) is 38.1 Å². The molecule has 1 atom stereocenters. The van der Waals surface area contributed by atoms with Gasteiger partial charge in [-0.1, -0.05) is 41.0 Å². The van der Waals surface area contributed by atoms with Crippen molar-refractivity contribution >= 4 is 63.3 Å². The molecule has 0 aromatic heterocycles. The van der Waals surface area contributed by atoms with Crippen molar-refractivity contribution in [3.05, 3.63) is 46.4 Å². The molecule has 0 spiro atoms. The third-order valence-corrected chi connectivity index (χ3v) is 6.11. The highest BCUT2D eigenvalue weighted by Crippen LogP contribution is 2.38. The van der Waals surface area contributed by atoms with Crippen molar-refractivity contribution in [3.8, 4) is 11.5 Å². The number of aliphatic imine (C=N–C) groups is 1. The van der Waals surface area contributed by atoms with Gasteiger partial charge in [0.25, 0.3) is 0 Å². The molecule has 31 heavy (non-hydrogen) atoms. The van der Waals surface area contributed by atoms with E-state index in [2.05, 4.69) is 10.3 Å². The molecule has 0 radical (unpaired) electrons. The molecule has 2 N–H and O–H groups in total. The number of hydrogen-bond acceptors (Lipinski definition) is 6. The third kappa shape index (κ3) is 5.64. The standard InChI is InChI=1S/C21H21Cl2N3O4S/c1-3-26-20(29)17(11-18(27)24-12-6-5-7-14(8-12)30-4-2)31-21(26)25-13-9-15(22)19(28)16(23)10-13/h5-10,17,28H,3-4,11H2,1-2H3,(H,24,27). The van der Waals surface area contributed by atoms with Gasteiger partial charge < -0.3 is 15.2 Å². The number of nitrogens with zero attached hydrogens (tertiary/aromatic N) is 2. The maximum atomic E-state index is 12.8. The monoisotopic (exact) mass is 481 g/mol. The first-order chi connectivity index (χ1) is 14.8. The molecular formula is C21H21Cl2N3O4S. The van der Waals surface area contributed by atoms with Crippen molar-refractivity contribution in [2.24, 2.45) is 4.99 Å². The van der Waals surface area contributed by atoms with Crippen molar-refractivity contribution in [2.45, 2.75) is 25.5 Å². The van der Waals surface area contributed by atoms with Crippen molar-refractivity contribution in [2.75, 3.05) is 18.5 Å². The average Bonchev–Trinajstić information content (AvgIpc) is 3.00. The Morgan fingerprint density at radius 1 is 1.26 bits per heavy atom. The number of rotatable bonds is 7.